The summed E-state index contributed by atoms with van der Waals surface area (Å²) in [7, 11) is 0. The van der Waals surface area contributed by atoms with Crippen LogP contribution in [-0.4, -0.2) is 12.1 Å². The Morgan fingerprint density at radius 3 is 2.29 bits per heavy atom. The van der Waals surface area contributed by atoms with Crippen LogP contribution in [0.25, 0.3) is 0 Å². The average molecular weight is 292 g/mol. The van der Waals surface area contributed by atoms with Crippen LogP contribution in [-0.2, 0) is 9.53 Å². The van der Waals surface area contributed by atoms with E-state index >= 15 is 0 Å². The van der Waals surface area contributed by atoms with Crippen LogP contribution in [0.4, 0.5) is 0 Å². The first-order chi connectivity index (χ1) is 10.2. The molecule has 3 aliphatic carbocycles. The molecule has 3 saturated carbocycles. The van der Waals surface area contributed by atoms with E-state index in [4.69, 9.17) is 4.74 Å². The van der Waals surface area contributed by atoms with Gasteiger partial charge in [0.1, 0.15) is 6.10 Å². The Kier molecular flexibility index (Phi) is 4.91. The van der Waals surface area contributed by atoms with Crippen molar-refractivity contribution in [3.8, 4) is 0 Å². The summed E-state index contributed by atoms with van der Waals surface area (Å²) in [5.41, 5.74) is 0. The third kappa shape index (κ3) is 3.46. The lowest BCUT2D eigenvalue weighted by molar-refractivity contribution is -0.151. The zero-order valence-electron chi connectivity index (χ0n) is 13.9. The topological polar surface area (TPSA) is 26.3 Å². The normalized spacial score (nSPS) is 42.8. The molecule has 0 N–H and O–H groups in total. The smallest absolute Gasteiger partial charge is 0.302 e. The second-order valence-corrected chi connectivity index (χ2v) is 7.94. The molecule has 0 spiro atoms. The van der Waals surface area contributed by atoms with Crippen LogP contribution >= 0.6 is 0 Å². The van der Waals surface area contributed by atoms with Crippen LogP contribution in [0, 0.1) is 29.6 Å². The highest BCUT2D eigenvalue weighted by atomic mass is 16.5. The first kappa shape index (κ1) is 15.4. The maximum atomic E-state index is 11.2. The van der Waals surface area contributed by atoms with E-state index in [1.807, 2.05) is 0 Å². The Bertz CT molecular complexity index is 365. The summed E-state index contributed by atoms with van der Waals surface area (Å²) in [6.45, 7) is 3.89. The third-order valence-corrected chi connectivity index (χ3v) is 6.63. The molecular formula is C19H32O2. The molecule has 0 aliphatic heterocycles. The first-order valence-corrected chi connectivity index (χ1v) is 9.34. The molecule has 3 rings (SSSR count). The molecule has 0 aromatic carbocycles. The molecule has 6 atom stereocenters. The molecule has 3 aliphatic rings. The molecular weight excluding hydrogens is 260 g/mol. The van der Waals surface area contributed by atoms with Crippen molar-refractivity contribution in [2.45, 2.75) is 84.2 Å². The van der Waals surface area contributed by atoms with Gasteiger partial charge in [0.15, 0.2) is 0 Å². The molecule has 3 fully saturated rings. The average Bonchev–Trinajstić information content (AvgIpc) is 2.46. The van der Waals surface area contributed by atoms with Crippen molar-refractivity contribution in [3.63, 3.8) is 0 Å². The van der Waals surface area contributed by atoms with Gasteiger partial charge >= 0.3 is 5.97 Å². The molecule has 0 heterocycles. The molecule has 4 unspecified atom stereocenters. The van der Waals surface area contributed by atoms with E-state index in [1.165, 1.54) is 51.4 Å². The Balaban J connectivity index is 1.57. The van der Waals surface area contributed by atoms with Gasteiger partial charge in [-0.25, -0.2) is 0 Å². The van der Waals surface area contributed by atoms with E-state index in [-0.39, 0.29) is 12.1 Å². The summed E-state index contributed by atoms with van der Waals surface area (Å²) >= 11 is 0. The van der Waals surface area contributed by atoms with Gasteiger partial charge in [-0.05, 0) is 74.5 Å². The second-order valence-electron chi connectivity index (χ2n) is 7.94. The minimum absolute atomic E-state index is 0.0905. The molecule has 0 amide bonds. The molecule has 0 bridgehead atoms. The Morgan fingerprint density at radius 2 is 1.62 bits per heavy atom. The van der Waals surface area contributed by atoms with Crippen LogP contribution in [0.2, 0.25) is 0 Å². The highest BCUT2D eigenvalue weighted by Crippen LogP contribution is 2.53. The van der Waals surface area contributed by atoms with E-state index in [0.29, 0.717) is 0 Å². The van der Waals surface area contributed by atoms with Gasteiger partial charge in [-0.1, -0.05) is 26.2 Å². The quantitative estimate of drug-likeness (QED) is 0.687. The van der Waals surface area contributed by atoms with Crippen molar-refractivity contribution in [2.75, 3.05) is 0 Å². The van der Waals surface area contributed by atoms with Crippen LogP contribution in [0.15, 0.2) is 0 Å². The molecule has 2 nitrogen and oxygen atoms in total. The van der Waals surface area contributed by atoms with Gasteiger partial charge in [-0.2, -0.15) is 0 Å². The van der Waals surface area contributed by atoms with Crippen molar-refractivity contribution < 1.29 is 9.53 Å². The maximum absolute atomic E-state index is 11.2. The van der Waals surface area contributed by atoms with E-state index in [9.17, 15) is 4.79 Å². The summed E-state index contributed by atoms with van der Waals surface area (Å²) in [5, 5.41) is 0. The van der Waals surface area contributed by atoms with Crippen molar-refractivity contribution >= 4 is 5.97 Å². The fourth-order valence-corrected chi connectivity index (χ4v) is 5.86. The molecule has 21 heavy (non-hydrogen) atoms. The maximum Gasteiger partial charge on any atom is 0.302 e. The fraction of sp³-hybridized carbons (Fsp3) is 0.947. The van der Waals surface area contributed by atoms with Gasteiger partial charge in [0.25, 0.3) is 0 Å². The van der Waals surface area contributed by atoms with Gasteiger partial charge in [0.05, 0.1) is 0 Å². The summed E-state index contributed by atoms with van der Waals surface area (Å²) in [4.78, 5) is 11.2. The Morgan fingerprint density at radius 1 is 0.952 bits per heavy atom. The molecule has 0 radical (unpaired) electrons. The van der Waals surface area contributed by atoms with E-state index < -0.39 is 0 Å². The molecule has 0 aromatic rings. The zero-order chi connectivity index (χ0) is 14.8. The number of carbonyl (C=O) groups is 1. The van der Waals surface area contributed by atoms with Gasteiger partial charge in [-0.15, -0.1) is 0 Å². The lowest BCUT2D eigenvalue weighted by atomic mass is 9.56. The lowest BCUT2D eigenvalue weighted by Gasteiger charge is -2.50. The van der Waals surface area contributed by atoms with Gasteiger partial charge in [-0.3, -0.25) is 4.79 Å². The summed E-state index contributed by atoms with van der Waals surface area (Å²) in [6, 6.07) is 0. The Hall–Kier alpha value is -0.530. The number of hydrogen-bond acceptors (Lipinski definition) is 2. The van der Waals surface area contributed by atoms with Crippen molar-refractivity contribution in [3.05, 3.63) is 0 Å². The highest BCUT2D eigenvalue weighted by molar-refractivity contribution is 5.66. The summed E-state index contributed by atoms with van der Waals surface area (Å²) in [5.74, 6) is 4.72. The number of ether oxygens (including phenoxy) is 1. The van der Waals surface area contributed by atoms with Crippen LogP contribution in [0.3, 0.4) is 0 Å². The molecule has 120 valence electrons. The van der Waals surface area contributed by atoms with Crippen molar-refractivity contribution in [1.29, 1.82) is 0 Å². The van der Waals surface area contributed by atoms with E-state index in [1.54, 1.807) is 6.92 Å². The number of rotatable bonds is 3. The monoisotopic (exact) mass is 292 g/mol. The number of hydrogen-bond donors (Lipinski definition) is 0. The number of esters is 1. The van der Waals surface area contributed by atoms with Crippen LogP contribution in [0.1, 0.15) is 78.1 Å². The largest absolute Gasteiger partial charge is 0.463 e. The van der Waals surface area contributed by atoms with Crippen LogP contribution < -0.4 is 0 Å². The van der Waals surface area contributed by atoms with Gasteiger partial charge < -0.3 is 4.74 Å². The van der Waals surface area contributed by atoms with Crippen LogP contribution in [0.5, 0.6) is 0 Å². The van der Waals surface area contributed by atoms with E-state index in [2.05, 4.69) is 6.92 Å². The minimum atomic E-state index is -0.0905. The Labute approximate surface area is 130 Å². The highest BCUT2D eigenvalue weighted by Gasteiger charge is 2.44. The first-order valence-electron chi connectivity index (χ1n) is 9.34. The summed E-state index contributed by atoms with van der Waals surface area (Å²) < 4.78 is 5.49. The predicted molar refractivity (Wildman–Crippen MR) is 84.8 cm³/mol. The SMILES string of the molecule is CCC[C@@H]1CCC2C(CCC3C[C@H](OC(C)=O)CCC32)C1. The molecule has 0 saturated heterocycles. The zero-order valence-corrected chi connectivity index (χ0v) is 13.9. The third-order valence-electron chi connectivity index (χ3n) is 6.63. The fourth-order valence-electron chi connectivity index (χ4n) is 5.86. The van der Waals surface area contributed by atoms with E-state index in [0.717, 1.165) is 42.4 Å². The number of fused-ring (bicyclic) bond motifs is 3. The lowest BCUT2D eigenvalue weighted by Crippen LogP contribution is -2.43. The van der Waals surface area contributed by atoms with Gasteiger partial charge in [0.2, 0.25) is 0 Å². The summed E-state index contributed by atoms with van der Waals surface area (Å²) in [6.07, 6.45) is 13.9. The number of carbonyl (C=O) groups excluding carboxylic acids is 1. The van der Waals surface area contributed by atoms with Crippen molar-refractivity contribution in [1.82, 2.24) is 0 Å². The molecule has 0 aromatic heterocycles. The van der Waals surface area contributed by atoms with Crippen molar-refractivity contribution in [2.24, 2.45) is 29.6 Å². The second kappa shape index (κ2) is 6.71. The predicted octanol–water partition coefficient (Wildman–Crippen LogP) is 4.96. The minimum Gasteiger partial charge on any atom is -0.463 e. The van der Waals surface area contributed by atoms with Gasteiger partial charge in [0, 0.05) is 6.92 Å². The standard InChI is InChI=1S/C19H32O2/c1-3-4-14-5-9-18-15(11-14)6-7-16-12-17(21-13(2)20)8-10-19(16)18/h14-19H,3-12H2,1-2H3/t14-,15?,16?,17-,18?,19?/m1/s1. The molecule has 2 heteroatoms.